The number of aromatic nitrogens is 10. The van der Waals surface area contributed by atoms with E-state index in [2.05, 4.69) is 79.3 Å². The van der Waals surface area contributed by atoms with Crippen molar-refractivity contribution in [3.05, 3.63) is 227 Å². The third-order valence-corrected chi connectivity index (χ3v) is 18.4. The Bertz CT molecular complexity index is 5010. The molecule has 2 N–H and O–H groups in total. The first-order valence-electron chi connectivity index (χ1n) is 26.3. The Balaban J connectivity index is 0.000000133. The number of benzene rings is 8. The summed E-state index contributed by atoms with van der Waals surface area (Å²) in [6.45, 7) is 0. The second kappa shape index (κ2) is 18.7. The van der Waals surface area contributed by atoms with Crippen LogP contribution >= 0.6 is 0 Å². The van der Waals surface area contributed by atoms with Gasteiger partial charge in [0, 0.05) is 44.8 Å². The van der Waals surface area contributed by atoms with Gasteiger partial charge in [0.15, 0.2) is 0 Å². The number of hydrogen-bond donors (Lipinski definition) is 0. The van der Waals surface area contributed by atoms with Gasteiger partial charge in [-0.3, -0.25) is 0 Å². The van der Waals surface area contributed by atoms with E-state index in [9.17, 15) is 0 Å². The van der Waals surface area contributed by atoms with Gasteiger partial charge in [0.2, 0.25) is 0 Å². The van der Waals surface area contributed by atoms with Crippen LogP contribution in [0.2, 0.25) is 0 Å². The third kappa shape index (κ3) is 7.37. The van der Waals surface area contributed by atoms with Crippen LogP contribution in [-0.4, -0.2) is 83.2 Å². The average molecular weight is 1210 g/mol. The molecule has 13 aromatic rings. The van der Waals surface area contributed by atoms with Gasteiger partial charge in [-0.05, 0) is 21.5 Å². The summed E-state index contributed by atoms with van der Waals surface area (Å²) in [5, 5.41) is 7.75. The van der Waals surface area contributed by atoms with Crippen molar-refractivity contribution in [2.24, 2.45) is 30.0 Å². The quantitative estimate of drug-likeness (QED) is 0.133. The molecule has 19 rings (SSSR count). The van der Waals surface area contributed by atoms with Crippen LogP contribution in [0.15, 0.2) is 224 Å². The number of rotatable bonds is 0. The molecule has 0 unspecified atom stereocenters. The van der Waals surface area contributed by atoms with Gasteiger partial charge in [-0.1, -0.05) is 97.1 Å². The summed E-state index contributed by atoms with van der Waals surface area (Å²) in [5.74, 6) is 6.63. The number of hydrogen-bond acceptors (Lipinski definition) is 12. The van der Waals surface area contributed by atoms with Gasteiger partial charge in [-0.15, -0.1) is 0 Å². The first-order chi connectivity index (χ1) is 40.1. The van der Waals surface area contributed by atoms with Crippen LogP contribution in [0.1, 0.15) is 22.3 Å². The van der Waals surface area contributed by atoms with Crippen molar-refractivity contribution < 1.29 is 26.5 Å². The van der Waals surface area contributed by atoms with Gasteiger partial charge in [-0.25, -0.2) is 9.97 Å². The van der Waals surface area contributed by atoms with Gasteiger partial charge >= 0.3 is 262 Å². The summed E-state index contributed by atoms with van der Waals surface area (Å²) in [6, 6.07) is 65.0. The van der Waals surface area contributed by atoms with E-state index < -0.39 is 17.9 Å². The van der Waals surface area contributed by atoms with Crippen LogP contribution in [0, 0.1) is 0 Å². The number of amidine groups is 4. The fourth-order valence-corrected chi connectivity index (χ4v) is 14.7. The molecular formula is C64H34GaMoN16O. The van der Waals surface area contributed by atoms with Gasteiger partial charge in [0.25, 0.3) is 0 Å². The van der Waals surface area contributed by atoms with E-state index in [1.807, 2.05) is 121 Å². The standard InChI is InChI=1S/2C32H16N8.Ga.Mo.H2O/c2*1-2-10-18-17(9-1)25-33-26(18)38-28-21-13-5-6-14-22(21)30(35-28)40-32-24-16-8-7-15-23(24)31(36-32)39-29-20-12-4-3-11-19(20)27(34-29)37-25;;;/h2*1-16H;;;1H2/q2*-2;2*+2;. The Morgan fingerprint density at radius 3 is 0.855 bits per heavy atom. The summed E-state index contributed by atoms with van der Waals surface area (Å²) in [6.07, 6.45) is 0. The Labute approximate surface area is 491 Å². The van der Waals surface area contributed by atoms with Crippen molar-refractivity contribution in [3.8, 4) is 45.6 Å². The molecule has 8 aromatic carbocycles. The summed E-state index contributed by atoms with van der Waals surface area (Å²) >= 11 is -1.57. The molecule has 385 valence electrons. The van der Waals surface area contributed by atoms with Gasteiger partial charge in [-0.2, -0.15) is 0 Å². The Morgan fingerprint density at radius 1 is 0.265 bits per heavy atom. The maximum absolute atomic E-state index is 5.26. The monoisotopic (exact) mass is 1210 g/mol. The van der Waals surface area contributed by atoms with Crippen molar-refractivity contribution in [3.63, 3.8) is 0 Å². The second-order valence-corrected chi connectivity index (χ2v) is 22.6. The van der Waals surface area contributed by atoms with E-state index in [4.69, 9.17) is 69.8 Å². The molecular weight excluding hydrogens is 1170 g/mol. The molecule has 17 nitrogen and oxygen atoms in total. The van der Waals surface area contributed by atoms with Gasteiger partial charge in [0.1, 0.15) is 0 Å². The van der Waals surface area contributed by atoms with Crippen molar-refractivity contribution in [1.29, 1.82) is 0 Å². The Hall–Kier alpha value is -10.2. The minimum absolute atomic E-state index is 0. The van der Waals surface area contributed by atoms with Crippen molar-refractivity contribution in [2.75, 3.05) is 0 Å². The zero-order valence-electron chi connectivity index (χ0n) is 43.1. The average Bonchev–Trinajstić information content (AvgIpc) is 3.74. The van der Waals surface area contributed by atoms with Gasteiger partial charge < -0.3 is 35.4 Å². The predicted molar refractivity (Wildman–Crippen MR) is 319 cm³/mol. The molecule has 0 aliphatic carbocycles. The van der Waals surface area contributed by atoms with E-state index in [0.717, 1.165) is 110 Å². The molecule has 1 radical (unpaired) electrons. The zero-order chi connectivity index (χ0) is 52.9. The molecule has 0 spiro atoms. The van der Waals surface area contributed by atoms with Crippen LogP contribution in [0.25, 0.3) is 111 Å². The summed E-state index contributed by atoms with van der Waals surface area (Å²) in [5.41, 5.74) is 11.4. The molecule has 0 atom stereocenters. The Morgan fingerprint density at radius 2 is 0.530 bits per heavy atom. The second-order valence-electron chi connectivity index (χ2n) is 20.0. The molecule has 0 saturated carbocycles. The number of nitrogens with zero attached hydrogens (tertiary/aromatic N) is 16. The van der Waals surface area contributed by atoms with Crippen LogP contribution in [0.5, 0.6) is 0 Å². The van der Waals surface area contributed by atoms with Crippen LogP contribution in [0.3, 0.4) is 0 Å². The molecule has 6 aliphatic rings. The summed E-state index contributed by atoms with van der Waals surface area (Å²) in [7, 11) is 0. The maximum atomic E-state index is 5.26. The van der Waals surface area contributed by atoms with Gasteiger partial charge in [0.05, 0.1) is 23.3 Å². The van der Waals surface area contributed by atoms with Crippen molar-refractivity contribution in [2.45, 2.75) is 0 Å². The molecule has 19 heteroatoms. The summed E-state index contributed by atoms with van der Waals surface area (Å²) in [4.78, 5) is 70.3. The van der Waals surface area contributed by atoms with E-state index in [0.29, 0.717) is 69.2 Å². The van der Waals surface area contributed by atoms with E-state index >= 15 is 0 Å². The molecule has 6 aliphatic heterocycles. The molecule has 0 saturated heterocycles. The molecule has 11 heterocycles. The topological polar surface area (TPSA) is 221 Å². The SMILES string of the molecule is O.[Mo+2].c1ccc2c(c1)-c1nc-2nc2[n-]c(nc3nc(nc4[n-]c(n1)c1ccccc41)-c1ccccc1-3)c1ccccc21.c1ccc2c(c1)C1=NC2=Nc2c3ccccc3c3[n]2[Ga][n]2c(c4ccccc4c2=NC2=NC(=N3)c3ccccc32)=N1. The van der Waals surface area contributed by atoms with E-state index in [1.165, 1.54) is 0 Å². The molecule has 0 fully saturated rings. The molecule has 83 heavy (non-hydrogen) atoms. The van der Waals surface area contributed by atoms with Crippen LogP contribution < -0.4 is 20.9 Å². The van der Waals surface area contributed by atoms with Crippen LogP contribution in [0.4, 0.5) is 11.6 Å². The zero-order valence-corrected chi connectivity index (χ0v) is 47.5. The fraction of sp³-hybridized carbons (Fsp3) is 0. The number of aliphatic imine (C=N–C) groups is 4. The van der Waals surface area contributed by atoms with E-state index in [-0.39, 0.29) is 26.5 Å². The van der Waals surface area contributed by atoms with Crippen molar-refractivity contribution >= 4 is 119 Å². The first-order valence-corrected chi connectivity index (χ1v) is 28.5. The Kier molecular flexibility index (Phi) is 10.9. The summed E-state index contributed by atoms with van der Waals surface area (Å²) < 4.78 is 4.63. The normalized spacial score (nSPS) is 13.4. The fourth-order valence-electron chi connectivity index (χ4n) is 11.6. The number of fused-ring (bicyclic) bond motifs is 34. The van der Waals surface area contributed by atoms with E-state index in [1.54, 1.807) is 0 Å². The molecule has 0 amide bonds. The van der Waals surface area contributed by atoms with Crippen LogP contribution in [-0.2, 0) is 21.1 Å². The third-order valence-electron chi connectivity index (χ3n) is 15.4. The first kappa shape index (κ1) is 48.7. The minimum atomic E-state index is -1.57. The van der Waals surface area contributed by atoms with Crippen molar-refractivity contribution in [1.82, 2.24) is 46.4 Å². The predicted octanol–water partition coefficient (Wildman–Crippen LogP) is 9.77. The molecule has 5 aromatic heterocycles. The molecule has 14 bridgehead atoms.